The third-order valence-electron chi connectivity index (χ3n) is 18.0. The molecule has 1 aliphatic heterocycles. The molecule has 3 aromatic heterocycles. The van der Waals surface area contributed by atoms with Crippen LogP contribution in [0.5, 0.6) is 0 Å². The lowest BCUT2D eigenvalue weighted by molar-refractivity contribution is 0.00578. The van der Waals surface area contributed by atoms with Gasteiger partial charge in [-0.2, -0.15) is 0 Å². The first-order chi connectivity index (χ1) is 42.0. The van der Waals surface area contributed by atoms with Crippen molar-refractivity contribution in [2.24, 2.45) is 0 Å². The van der Waals surface area contributed by atoms with Crippen LogP contribution in [0, 0.1) is 0 Å². The summed E-state index contributed by atoms with van der Waals surface area (Å²) in [6, 6.07) is 99.9. The average Bonchev–Trinajstić information content (AvgIpc) is 2.46. The fourth-order valence-corrected chi connectivity index (χ4v) is 13.2. The standard InChI is InChI=1S/C36H24N2.C24H16BrN.C19H21BO2/c1-2-8-24(9-3-1)25-14-18-28(19-15-25)38-35-13-7-5-11-30(35)32-23-27(17-21-36(32)38)26-16-20-34-31(22-26)29-10-4-6-12-33(29)37-34;25-19-12-15-24-22(16-19)21-8-4-5-9-23(21)26(24)20-13-10-18(11-14-20)17-6-2-1-3-7-17;1-18(2)19(3,4)22-20(21-18)15-10-9-14-11-13-7-5-6-8-16(13)17(14)12-15/h1-23,37H;1-16H;5-10,12H,11H2,1-4H3. The van der Waals surface area contributed by atoms with Gasteiger partial charge in [-0.05, 0) is 180 Å². The highest BCUT2D eigenvalue weighted by Crippen LogP contribution is 2.41. The number of nitrogens with zero attached hydrogens (tertiary/aromatic N) is 2. The van der Waals surface area contributed by atoms with Crippen LogP contribution in [0.3, 0.4) is 0 Å². The normalized spacial score (nSPS) is 13.9. The Balaban J connectivity index is 0.000000114. The van der Waals surface area contributed by atoms with Crippen molar-refractivity contribution in [1.82, 2.24) is 14.1 Å². The highest BCUT2D eigenvalue weighted by atomic mass is 79.9. The smallest absolute Gasteiger partial charge is 0.399 e. The van der Waals surface area contributed by atoms with Gasteiger partial charge in [-0.1, -0.05) is 210 Å². The third kappa shape index (κ3) is 9.53. The molecule has 1 aliphatic carbocycles. The monoisotopic (exact) mass is 1170 g/mol. The average molecular weight is 1180 g/mol. The van der Waals surface area contributed by atoms with Crippen LogP contribution in [0.1, 0.15) is 38.8 Å². The molecule has 0 amide bonds. The molecule has 0 spiro atoms. The molecule has 0 radical (unpaired) electrons. The number of rotatable bonds is 6. The quantitative estimate of drug-likeness (QED) is 0.169. The molecule has 0 bridgehead atoms. The van der Waals surface area contributed by atoms with Crippen molar-refractivity contribution in [3.8, 4) is 55.9 Å². The van der Waals surface area contributed by atoms with Crippen molar-refractivity contribution >= 4 is 93.9 Å². The highest BCUT2D eigenvalue weighted by molar-refractivity contribution is 9.10. The molecule has 0 atom stereocenters. The van der Waals surface area contributed by atoms with E-state index in [0.717, 1.165) is 16.4 Å². The molecule has 12 aromatic carbocycles. The van der Waals surface area contributed by atoms with Gasteiger partial charge < -0.3 is 23.4 Å². The summed E-state index contributed by atoms with van der Waals surface area (Å²) in [4.78, 5) is 3.54. The Morgan fingerprint density at radius 2 is 0.791 bits per heavy atom. The molecule has 17 rings (SSSR count). The third-order valence-corrected chi connectivity index (χ3v) is 18.5. The van der Waals surface area contributed by atoms with Crippen molar-refractivity contribution in [1.29, 1.82) is 0 Å². The van der Waals surface area contributed by atoms with E-state index in [1.165, 1.54) is 132 Å². The molecular formula is C79H61BBrN3O2. The molecule has 4 heterocycles. The SMILES string of the molecule is Brc1ccc2c(c1)c1ccccc1n2-c1ccc(-c2ccccc2)cc1.CC1(C)OB(c2ccc3c(c2)-c2ccccc2C3)OC1(C)C.c1ccc(-c2ccc(-n3c4ccccc4c4cc(-c5ccc6[nH]c7ccccc7c6c5)ccc43)cc2)cc1. The summed E-state index contributed by atoms with van der Waals surface area (Å²) >= 11 is 3.61. The zero-order valence-electron chi connectivity index (χ0n) is 48.4. The second kappa shape index (κ2) is 21.5. The minimum atomic E-state index is -0.297. The van der Waals surface area contributed by atoms with Crippen molar-refractivity contribution in [2.45, 2.75) is 45.3 Å². The van der Waals surface area contributed by atoms with E-state index in [-0.39, 0.29) is 18.3 Å². The van der Waals surface area contributed by atoms with Gasteiger partial charge in [-0.25, -0.2) is 0 Å². The van der Waals surface area contributed by atoms with Crippen molar-refractivity contribution < 1.29 is 9.31 Å². The summed E-state index contributed by atoms with van der Waals surface area (Å²) < 4.78 is 18.2. The molecule has 1 fully saturated rings. The molecule has 0 unspecified atom stereocenters. The van der Waals surface area contributed by atoms with Gasteiger partial charge >= 0.3 is 7.12 Å². The van der Waals surface area contributed by atoms with Crippen LogP contribution in [0.15, 0.2) is 284 Å². The Morgan fingerprint density at radius 1 is 0.349 bits per heavy atom. The molecule has 1 saturated heterocycles. The molecule has 5 nitrogen and oxygen atoms in total. The number of aromatic amines is 1. The van der Waals surface area contributed by atoms with Gasteiger partial charge in [0.1, 0.15) is 0 Å². The van der Waals surface area contributed by atoms with Gasteiger partial charge in [0.25, 0.3) is 0 Å². The summed E-state index contributed by atoms with van der Waals surface area (Å²) in [5.74, 6) is 0. The van der Waals surface area contributed by atoms with E-state index >= 15 is 0 Å². The summed E-state index contributed by atoms with van der Waals surface area (Å²) in [5, 5.41) is 7.60. The van der Waals surface area contributed by atoms with Gasteiger partial charge in [0, 0.05) is 59.2 Å². The molecule has 1 N–H and O–H groups in total. The second-order valence-electron chi connectivity index (χ2n) is 23.7. The van der Waals surface area contributed by atoms with Crippen LogP contribution >= 0.6 is 15.9 Å². The maximum absolute atomic E-state index is 6.18. The number of hydrogen-bond acceptors (Lipinski definition) is 2. The zero-order valence-corrected chi connectivity index (χ0v) is 50.0. The minimum Gasteiger partial charge on any atom is -0.399 e. The summed E-state index contributed by atoms with van der Waals surface area (Å²) in [5.41, 5.74) is 23.0. The summed E-state index contributed by atoms with van der Waals surface area (Å²) in [6.07, 6.45) is 1.02. The first-order valence-electron chi connectivity index (χ1n) is 29.6. The van der Waals surface area contributed by atoms with E-state index in [0.29, 0.717) is 0 Å². The number of aromatic nitrogens is 3. The molecule has 2 aliphatic rings. The predicted octanol–water partition coefficient (Wildman–Crippen LogP) is 20.5. The van der Waals surface area contributed by atoms with Gasteiger partial charge in [0.15, 0.2) is 0 Å². The number of H-pyrrole nitrogens is 1. The van der Waals surface area contributed by atoms with Crippen LogP contribution in [-0.4, -0.2) is 32.4 Å². The molecule has 15 aromatic rings. The largest absolute Gasteiger partial charge is 0.494 e. The number of hydrogen-bond donors (Lipinski definition) is 1. The fraction of sp³-hybridized carbons (Fsp3) is 0.0886. The molecular weight excluding hydrogens is 1110 g/mol. The van der Waals surface area contributed by atoms with E-state index in [1.54, 1.807) is 0 Å². The number of fused-ring (bicyclic) bond motifs is 12. The molecule has 414 valence electrons. The number of benzene rings is 12. The van der Waals surface area contributed by atoms with Crippen molar-refractivity contribution in [3.63, 3.8) is 0 Å². The zero-order chi connectivity index (χ0) is 58.1. The van der Waals surface area contributed by atoms with E-state index in [9.17, 15) is 0 Å². The maximum Gasteiger partial charge on any atom is 0.494 e. The van der Waals surface area contributed by atoms with Crippen LogP contribution in [0.2, 0.25) is 0 Å². The van der Waals surface area contributed by atoms with Crippen molar-refractivity contribution in [2.75, 3.05) is 0 Å². The van der Waals surface area contributed by atoms with Crippen LogP contribution in [0.4, 0.5) is 0 Å². The molecule has 0 saturated carbocycles. The minimum absolute atomic E-state index is 0.289. The van der Waals surface area contributed by atoms with E-state index in [4.69, 9.17) is 9.31 Å². The van der Waals surface area contributed by atoms with E-state index < -0.39 is 0 Å². The topological polar surface area (TPSA) is 44.1 Å². The summed E-state index contributed by atoms with van der Waals surface area (Å²) in [7, 11) is -0.289. The Morgan fingerprint density at radius 3 is 1.41 bits per heavy atom. The Hall–Kier alpha value is -9.50. The van der Waals surface area contributed by atoms with Gasteiger partial charge in [0.05, 0.1) is 33.3 Å². The van der Waals surface area contributed by atoms with Crippen LogP contribution in [0.25, 0.3) is 121 Å². The van der Waals surface area contributed by atoms with Crippen molar-refractivity contribution in [3.05, 3.63) is 295 Å². The number of nitrogens with one attached hydrogen (secondary N) is 1. The predicted molar refractivity (Wildman–Crippen MR) is 365 cm³/mol. The molecule has 7 heteroatoms. The van der Waals surface area contributed by atoms with E-state index in [2.05, 4.69) is 331 Å². The maximum atomic E-state index is 6.18. The van der Waals surface area contributed by atoms with Crippen LogP contribution < -0.4 is 5.46 Å². The first-order valence-corrected chi connectivity index (χ1v) is 30.4. The highest BCUT2D eigenvalue weighted by Gasteiger charge is 2.52. The Bertz CT molecular complexity index is 5020. The molecule has 86 heavy (non-hydrogen) atoms. The van der Waals surface area contributed by atoms with Gasteiger partial charge in [-0.15, -0.1) is 0 Å². The Labute approximate surface area is 510 Å². The van der Waals surface area contributed by atoms with Gasteiger partial charge in [0.2, 0.25) is 0 Å². The summed E-state index contributed by atoms with van der Waals surface area (Å²) in [6.45, 7) is 8.37. The lowest BCUT2D eigenvalue weighted by Crippen LogP contribution is -2.41. The number of halogens is 1. The second-order valence-corrected chi connectivity index (χ2v) is 24.6. The van der Waals surface area contributed by atoms with E-state index in [1.807, 2.05) is 6.07 Å². The lowest BCUT2D eigenvalue weighted by Gasteiger charge is -2.32. The fourth-order valence-electron chi connectivity index (χ4n) is 12.8. The first kappa shape index (κ1) is 53.2. The number of para-hydroxylation sites is 3. The lowest BCUT2D eigenvalue weighted by atomic mass is 9.77. The Kier molecular flexibility index (Phi) is 13.3. The van der Waals surface area contributed by atoms with Gasteiger partial charge in [-0.3, -0.25) is 0 Å². The van der Waals surface area contributed by atoms with Crippen LogP contribution in [-0.2, 0) is 15.7 Å².